The zero-order valence-electron chi connectivity index (χ0n) is 7.67. The highest BCUT2D eigenvalue weighted by molar-refractivity contribution is 7.99. The summed E-state index contributed by atoms with van der Waals surface area (Å²) in [6, 6.07) is 0.512. The zero-order chi connectivity index (χ0) is 8.39. The molecule has 2 aliphatic rings. The molecule has 2 fully saturated rings. The molecular weight excluding hydrogens is 166 g/mol. The lowest BCUT2D eigenvalue weighted by Gasteiger charge is -2.29. The van der Waals surface area contributed by atoms with Gasteiger partial charge in [0.2, 0.25) is 0 Å². The highest BCUT2D eigenvalue weighted by Gasteiger charge is 2.32. The topological polar surface area (TPSA) is 26.0 Å². The molecule has 0 aromatic heterocycles. The summed E-state index contributed by atoms with van der Waals surface area (Å²) >= 11 is 2.06. The molecule has 0 aromatic carbocycles. The lowest BCUT2D eigenvalue weighted by atomic mass is 9.78. The van der Waals surface area contributed by atoms with Crippen molar-refractivity contribution >= 4 is 11.8 Å². The molecule has 70 valence electrons. The van der Waals surface area contributed by atoms with Crippen molar-refractivity contribution in [2.45, 2.75) is 38.1 Å². The third-order valence-electron chi connectivity index (χ3n) is 3.43. The standard InChI is InChI=1S/C10H19NS/c11-10-7-12-6-9(10)8-4-2-1-3-5-8/h8-10H,1-7,11H2. The summed E-state index contributed by atoms with van der Waals surface area (Å²) in [7, 11) is 0. The van der Waals surface area contributed by atoms with E-state index in [1.807, 2.05) is 0 Å². The highest BCUT2D eigenvalue weighted by atomic mass is 32.2. The third kappa shape index (κ3) is 1.80. The molecule has 0 spiro atoms. The van der Waals surface area contributed by atoms with Gasteiger partial charge in [0.05, 0.1) is 0 Å². The lowest BCUT2D eigenvalue weighted by molar-refractivity contribution is 0.251. The van der Waals surface area contributed by atoms with Crippen LogP contribution in [0.2, 0.25) is 0 Å². The Hall–Kier alpha value is 0.310. The Kier molecular flexibility index (Phi) is 2.97. The molecule has 2 heteroatoms. The smallest absolute Gasteiger partial charge is 0.0169 e. The lowest BCUT2D eigenvalue weighted by Crippen LogP contribution is -2.34. The second-order valence-corrected chi connectivity index (χ2v) is 5.34. The van der Waals surface area contributed by atoms with E-state index in [-0.39, 0.29) is 0 Å². The summed E-state index contributed by atoms with van der Waals surface area (Å²) in [5.74, 6) is 4.38. The maximum atomic E-state index is 6.09. The van der Waals surface area contributed by atoms with Gasteiger partial charge in [0.1, 0.15) is 0 Å². The van der Waals surface area contributed by atoms with Crippen LogP contribution < -0.4 is 5.73 Å². The van der Waals surface area contributed by atoms with E-state index in [0.717, 1.165) is 11.8 Å². The molecule has 1 saturated heterocycles. The van der Waals surface area contributed by atoms with Crippen molar-refractivity contribution in [3.05, 3.63) is 0 Å². The summed E-state index contributed by atoms with van der Waals surface area (Å²) in [4.78, 5) is 0. The fraction of sp³-hybridized carbons (Fsp3) is 1.00. The quantitative estimate of drug-likeness (QED) is 0.678. The van der Waals surface area contributed by atoms with Gasteiger partial charge in [-0.3, -0.25) is 0 Å². The van der Waals surface area contributed by atoms with Crippen LogP contribution in [0.1, 0.15) is 32.1 Å². The van der Waals surface area contributed by atoms with Gasteiger partial charge in [-0.25, -0.2) is 0 Å². The number of hydrogen-bond acceptors (Lipinski definition) is 2. The zero-order valence-corrected chi connectivity index (χ0v) is 8.48. The Labute approximate surface area is 79.5 Å². The molecular formula is C10H19NS. The third-order valence-corrected chi connectivity index (χ3v) is 4.67. The van der Waals surface area contributed by atoms with Crippen LogP contribution in [0.5, 0.6) is 0 Å². The Bertz CT molecular complexity index is 143. The van der Waals surface area contributed by atoms with Gasteiger partial charge in [-0.05, 0) is 17.6 Å². The minimum atomic E-state index is 0.512. The van der Waals surface area contributed by atoms with Crippen molar-refractivity contribution in [1.29, 1.82) is 0 Å². The minimum absolute atomic E-state index is 0.512. The molecule has 1 aliphatic heterocycles. The molecule has 0 bridgehead atoms. The summed E-state index contributed by atoms with van der Waals surface area (Å²) in [6.45, 7) is 0. The first-order chi connectivity index (χ1) is 5.88. The fourth-order valence-electron chi connectivity index (χ4n) is 2.64. The molecule has 2 unspecified atom stereocenters. The molecule has 0 aromatic rings. The van der Waals surface area contributed by atoms with Gasteiger partial charge in [-0.2, -0.15) is 11.8 Å². The first-order valence-corrected chi connectivity index (χ1v) is 6.37. The van der Waals surface area contributed by atoms with Gasteiger partial charge in [-0.15, -0.1) is 0 Å². The van der Waals surface area contributed by atoms with Crippen molar-refractivity contribution in [2.75, 3.05) is 11.5 Å². The molecule has 2 N–H and O–H groups in total. The average Bonchev–Trinajstić information content (AvgIpc) is 2.53. The van der Waals surface area contributed by atoms with E-state index in [2.05, 4.69) is 11.8 Å². The van der Waals surface area contributed by atoms with Crippen LogP contribution in [0.3, 0.4) is 0 Å². The molecule has 0 radical (unpaired) electrons. The Morgan fingerprint density at radius 3 is 2.33 bits per heavy atom. The molecule has 1 aliphatic carbocycles. The number of rotatable bonds is 1. The van der Waals surface area contributed by atoms with Gasteiger partial charge >= 0.3 is 0 Å². The first-order valence-electron chi connectivity index (χ1n) is 5.21. The molecule has 2 rings (SSSR count). The van der Waals surface area contributed by atoms with Crippen LogP contribution >= 0.6 is 11.8 Å². The number of nitrogens with two attached hydrogens (primary N) is 1. The minimum Gasteiger partial charge on any atom is -0.327 e. The summed E-state index contributed by atoms with van der Waals surface area (Å²) in [5.41, 5.74) is 6.09. The number of hydrogen-bond donors (Lipinski definition) is 1. The highest BCUT2D eigenvalue weighted by Crippen LogP contribution is 2.37. The maximum absolute atomic E-state index is 6.09. The second-order valence-electron chi connectivity index (χ2n) is 4.26. The van der Waals surface area contributed by atoms with Gasteiger partial charge in [0, 0.05) is 11.8 Å². The van der Waals surface area contributed by atoms with Gasteiger partial charge in [-0.1, -0.05) is 32.1 Å². The van der Waals surface area contributed by atoms with Crippen LogP contribution in [0.4, 0.5) is 0 Å². The van der Waals surface area contributed by atoms with Crippen LogP contribution in [0, 0.1) is 11.8 Å². The molecule has 1 heterocycles. The Morgan fingerprint density at radius 2 is 1.75 bits per heavy atom. The van der Waals surface area contributed by atoms with E-state index in [1.165, 1.54) is 43.6 Å². The van der Waals surface area contributed by atoms with E-state index in [4.69, 9.17) is 5.73 Å². The van der Waals surface area contributed by atoms with Gasteiger partial charge in [0.25, 0.3) is 0 Å². The maximum Gasteiger partial charge on any atom is 0.0169 e. The van der Waals surface area contributed by atoms with Gasteiger partial charge in [0.15, 0.2) is 0 Å². The van der Waals surface area contributed by atoms with E-state index >= 15 is 0 Å². The van der Waals surface area contributed by atoms with Crippen molar-refractivity contribution in [1.82, 2.24) is 0 Å². The molecule has 2 atom stereocenters. The predicted octanol–water partition coefficient (Wildman–Crippen LogP) is 2.26. The van der Waals surface area contributed by atoms with Crippen molar-refractivity contribution in [3.8, 4) is 0 Å². The van der Waals surface area contributed by atoms with E-state index in [0.29, 0.717) is 6.04 Å². The van der Waals surface area contributed by atoms with E-state index in [9.17, 15) is 0 Å². The van der Waals surface area contributed by atoms with Crippen LogP contribution in [0.15, 0.2) is 0 Å². The fourth-order valence-corrected chi connectivity index (χ4v) is 4.08. The Morgan fingerprint density at radius 1 is 1.00 bits per heavy atom. The van der Waals surface area contributed by atoms with Crippen molar-refractivity contribution in [3.63, 3.8) is 0 Å². The Balaban J connectivity index is 1.89. The van der Waals surface area contributed by atoms with Crippen molar-refractivity contribution < 1.29 is 0 Å². The average molecular weight is 185 g/mol. The molecule has 1 saturated carbocycles. The molecule has 0 amide bonds. The van der Waals surface area contributed by atoms with E-state index in [1.54, 1.807) is 0 Å². The van der Waals surface area contributed by atoms with Crippen LogP contribution in [-0.4, -0.2) is 17.5 Å². The summed E-state index contributed by atoms with van der Waals surface area (Å²) in [5, 5.41) is 0. The van der Waals surface area contributed by atoms with Crippen molar-refractivity contribution in [2.24, 2.45) is 17.6 Å². The van der Waals surface area contributed by atoms with Crippen LogP contribution in [0.25, 0.3) is 0 Å². The summed E-state index contributed by atoms with van der Waals surface area (Å²) < 4.78 is 0. The molecule has 12 heavy (non-hydrogen) atoms. The predicted molar refractivity (Wildman–Crippen MR) is 55.4 cm³/mol. The van der Waals surface area contributed by atoms with Gasteiger partial charge < -0.3 is 5.73 Å². The largest absolute Gasteiger partial charge is 0.327 e. The normalized spacial score (nSPS) is 38.8. The second kappa shape index (κ2) is 4.01. The SMILES string of the molecule is NC1CSCC1C1CCCCC1. The first kappa shape index (κ1) is 8.89. The summed E-state index contributed by atoms with van der Waals surface area (Å²) in [6.07, 6.45) is 7.29. The number of thioether (sulfide) groups is 1. The molecule has 1 nitrogen and oxygen atoms in total. The monoisotopic (exact) mass is 185 g/mol. The van der Waals surface area contributed by atoms with Crippen LogP contribution in [-0.2, 0) is 0 Å². The van der Waals surface area contributed by atoms with E-state index < -0.39 is 0 Å².